The summed E-state index contributed by atoms with van der Waals surface area (Å²) in [6.07, 6.45) is 2.65. The Bertz CT molecular complexity index is 616. The Morgan fingerprint density at radius 2 is 2.19 bits per heavy atom. The van der Waals surface area contributed by atoms with Gasteiger partial charge in [0.15, 0.2) is 5.84 Å². The van der Waals surface area contributed by atoms with Crippen LogP contribution in [-0.2, 0) is 13.0 Å². The average Bonchev–Trinajstić information content (AvgIpc) is 2.53. The van der Waals surface area contributed by atoms with Crippen LogP contribution in [-0.4, -0.2) is 22.6 Å². The fourth-order valence-electron chi connectivity index (χ4n) is 1.89. The molecule has 0 amide bonds. The summed E-state index contributed by atoms with van der Waals surface area (Å²) in [5, 5.41) is 15.5. The molecule has 0 bridgehead atoms. The SMILES string of the molecule is N/C(=N/O)c1ccc(CNCCc2ccccn2)c(Cl)c1. The Kier molecular flexibility index (Phi) is 5.54. The maximum Gasteiger partial charge on any atom is 0.170 e. The summed E-state index contributed by atoms with van der Waals surface area (Å²) < 4.78 is 0. The average molecular weight is 305 g/mol. The van der Waals surface area contributed by atoms with Gasteiger partial charge in [-0.15, -0.1) is 0 Å². The highest BCUT2D eigenvalue weighted by molar-refractivity contribution is 6.31. The molecule has 0 spiro atoms. The number of oxime groups is 1. The minimum Gasteiger partial charge on any atom is -0.409 e. The van der Waals surface area contributed by atoms with Crippen LogP contribution in [0.5, 0.6) is 0 Å². The number of hydrogen-bond acceptors (Lipinski definition) is 4. The van der Waals surface area contributed by atoms with Crippen LogP contribution in [0.2, 0.25) is 5.02 Å². The molecule has 0 unspecified atom stereocenters. The van der Waals surface area contributed by atoms with Crippen LogP contribution in [0.15, 0.2) is 47.8 Å². The van der Waals surface area contributed by atoms with E-state index in [-0.39, 0.29) is 5.84 Å². The molecular weight excluding hydrogens is 288 g/mol. The molecule has 0 saturated heterocycles. The van der Waals surface area contributed by atoms with Crippen molar-refractivity contribution in [3.63, 3.8) is 0 Å². The van der Waals surface area contributed by atoms with E-state index in [1.165, 1.54) is 0 Å². The number of amidine groups is 1. The second kappa shape index (κ2) is 7.61. The van der Waals surface area contributed by atoms with Crippen LogP contribution in [0.4, 0.5) is 0 Å². The largest absolute Gasteiger partial charge is 0.409 e. The van der Waals surface area contributed by atoms with Crippen molar-refractivity contribution in [1.82, 2.24) is 10.3 Å². The highest BCUT2D eigenvalue weighted by atomic mass is 35.5. The van der Waals surface area contributed by atoms with Crippen molar-refractivity contribution >= 4 is 17.4 Å². The fraction of sp³-hybridized carbons (Fsp3) is 0.200. The van der Waals surface area contributed by atoms with Crippen molar-refractivity contribution in [1.29, 1.82) is 0 Å². The lowest BCUT2D eigenvalue weighted by molar-refractivity contribution is 0.318. The fourth-order valence-corrected chi connectivity index (χ4v) is 2.14. The lowest BCUT2D eigenvalue weighted by atomic mass is 10.1. The van der Waals surface area contributed by atoms with Crippen molar-refractivity contribution in [3.05, 3.63) is 64.4 Å². The lowest BCUT2D eigenvalue weighted by Gasteiger charge is -2.08. The van der Waals surface area contributed by atoms with Gasteiger partial charge in [-0.05, 0) is 23.8 Å². The van der Waals surface area contributed by atoms with Crippen molar-refractivity contribution in [3.8, 4) is 0 Å². The van der Waals surface area contributed by atoms with Gasteiger partial charge in [0.2, 0.25) is 0 Å². The third-order valence-corrected chi connectivity index (χ3v) is 3.41. The predicted octanol–water partition coefficient (Wildman–Crippen LogP) is 2.16. The number of pyridine rings is 1. The molecule has 0 fully saturated rings. The summed E-state index contributed by atoms with van der Waals surface area (Å²) in [5.41, 5.74) is 8.13. The van der Waals surface area contributed by atoms with Gasteiger partial charge < -0.3 is 16.3 Å². The number of rotatable bonds is 6. The molecule has 0 saturated carbocycles. The van der Waals surface area contributed by atoms with Crippen molar-refractivity contribution in [2.75, 3.05) is 6.54 Å². The van der Waals surface area contributed by atoms with Gasteiger partial charge in [-0.25, -0.2) is 0 Å². The Labute approximate surface area is 128 Å². The van der Waals surface area contributed by atoms with Gasteiger partial charge >= 0.3 is 0 Å². The maximum absolute atomic E-state index is 8.63. The molecule has 110 valence electrons. The molecule has 0 aliphatic carbocycles. The van der Waals surface area contributed by atoms with Crippen LogP contribution in [0.3, 0.4) is 0 Å². The van der Waals surface area contributed by atoms with E-state index in [1.807, 2.05) is 24.3 Å². The molecule has 5 nitrogen and oxygen atoms in total. The van der Waals surface area contributed by atoms with Gasteiger partial charge in [-0.3, -0.25) is 4.98 Å². The van der Waals surface area contributed by atoms with Crippen LogP contribution in [0, 0.1) is 0 Å². The molecule has 0 aliphatic heterocycles. The minimum absolute atomic E-state index is 0.0477. The standard InChI is InChI=1S/C15H17ClN4O/c16-14-9-11(15(17)20-21)4-5-12(14)10-18-8-6-13-3-1-2-7-19-13/h1-5,7,9,18,21H,6,8,10H2,(H2,17,20). The smallest absolute Gasteiger partial charge is 0.170 e. The maximum atomic E-state index is 8.63. The van der Waals surface area contributed by atoms with E-state index >= 15 is 0 Å². The quantitative estimate of drug-likeness (QED) is 0.251. The molecule has 1 aromatic carbocycles. The van der Waals surface area contributed by atoms with Crippen LogP contribution in [0.1, 0.15) is 16.8 Å². The number of aromatic nitrogens is 1. The number of benzene rings is 1. The molecule has 4 N–H and O–H groups in total. The first kappa shape index (κ1) is 15.3. The number of halogens is 1. The first-order valence-corrected chi connectivity index (χ1v) is 6.95. The Hall–Kier alpha value is -2.11. The Morgan fingerprint density at radius 3 is 2.86 bits per heavy atom. The zero-order valence-electron chi connectivity index (χ0n) is 11.5. The van der Waals surface area contributed by atoms with E-state index < -0.39 is 0 Å². The summed E-state index contributed by atoms with van der Waals surface area (Å²) in [7, 11) is 0. The summed E-state index contributed by atoms with van der Waals surface area (Å²) in [5.74, 6) is 0.0477. The van der Waals surface area contributed by atoms with E-state index in [1.54, 1.807) is 18.3 Å². The van der Waals surface area contributed by atoms with Crippen LogP contribution >= 0.6 is 11.6 Å². The third kappa shape index (κ3) is 4.44. The van der Waals surface area contributed by atoms with E-state index in [0.717, 1.165) is 24.2 Å². The highest BCUT2D eigenvalue weighted by Crippen LogP contribution is 2.17. The monoisotopic (exact) mass is 304 g/mol. The molecule has 1 aromatic heterocycles. The molecular formula is C15H17ClN4O. The topological polar surface area (TPSA) is 83.5 Å². The zero-order chi connectivity index (χ0) is 15.1. The minimum atomic E-state index is 0.0477. The molecule has 0 atom stereocenters. The van der Waals surface area contributed by atoms with Crippen LogP contribution in [0.25, 0.3) is 0 Å². The number of nitrogens with two attached hydrogens (primary N) is 1. The molecule has 0 aliphatic rings. The second-order valence-electron chi connectivity index (χ2n) is 4.54. The van der Waals surface area contributed by atoms with E-state index in [4.69, 9.17) is 22.5 Å². The first-order valence-electron chi connectivity index (χ1n) is 6.57. The van der Waals surface area contributed by atoms with Gasteiger partial charge in [0.05, 0.1) is 0 Å². The normalized spacial score (nSPS) is 11.6. The van der Waals surface area contributed by atoms with Gasteiger partial charge in [-0.1, -0.05) is 35.0 Å². The first-order chi connectivity index (χ1) is 10.2. The van der Waals surface area contributed by atoms with Gasteiger partial charge in [0.1, 0.15) is 0 Å². The second-order valence-corrected chi connectivity index (χ2v) is 4.95. The van der Waals surface area contributed by atoms with Gasteiger partial charge in [0, 0.05) is 42.0 Å². The Balaban J connectivity index is 1.86. The molecule has 2 rings (SSSR count). The highest BCUT2D eigenvalue weighted by Gasteiger charge is 2.05. The summed E-state index contributed by atoms with van der Waals surface area (Å²) in [4.78, 5) is 4.26. The molecule has 21 heavy (non-hydrogen) atoms. The number of hydrogen-bond donors (Lipinski definition) is 3. The van der Waals surface area contributed by atoms with E-state index in [0.29, 0.717) is 17.1 Å². The van der Waals surface area contributed by atoms with Crippen molar-refractivity contribution in [2.24, 2.45) is 10.9 Å². The summed E-state index contributed by atoms with van der Waals surface area (Å²) >= 11 is 6.18. The van der Waals surface area contributed by atoms with E-state index in [2.05, 4.69) is 15.5 Å². The van der Waals surface area contributed by atoms with Crippen molar-refractivity contribution < 1.29 is 5.21 Å². The van der Waals surface area contributed by atoms with Gasteiger partial charge in [-0.2, -0.15) is 0 Å². The summed E-state index contributed by atoms with van der Waals surface area (Å²) in [6.45, 7) is 1.47. The predicted molar refractivity (Wildman–Crippen MR) is 83.6 cm³/mol. The number of nitrogens with one attached hydrogen (secondary N) is 1. The third-order valence-electron chi connectivity index (χ3n) is 3.06. The zero-order valence-corrected chi connectivity index (χ0v) is 12.2. The van der Waals surface area contributed by atoms with Crippen LogP contribution < -0.4 is 11.1 Å². The lowest BCUT2D eigenvalue weighted by Crippen LogP contribution is -2.18. The number of nitrogens with zero attached hydrogens (tertiary/aromatic N) is 2. The molecule has 6 heteroatoms. The molecule has 0 radical (unpaired) electrons. The van der Waals surface area contributed by atoms with Crippen molar-refractivity contribution in [2.45, 2.75) is 13.0 Å². The Morgan fingerprint density at radius 1 is 1.33 bits per heavy atom. The molecule has 2 aromatic rings. The van der Waals surface area contributed by atoms with Gasteiger partial charge in [0.25, 0.3) is 0 Å². The summed E-state index contributed by atoms with van der Waals surface area (Å²) in [6, 6.07) is 11.2. The van der Waals surface area contributed by atoms with E-state index in [9.17, 15) is 0 Å². The molecule has 1 heterocycles.